The summed E-state index contributed by atoms with van der Waals surface area (Å²) < 4.78 is 7.34. The minimum Gasteiger partial charge on any atom is -0.495 e. The molecule has 1 amide bonds. The van der Waals surface area contributed by atoms with Crippen LogP contribution >= 0.6 is 11.6 Å². The summed E-state index contributed by atoms with van der Waals surface area (Å²) in [7, 11) is 1.56. The number of aryl methyl sites for hydroxylation is 3. The smallest absolute Gasteiger partial charge is 0.230 e. The fourth-order valence-electron chi connectivity index (χ4n) is 3.67. The lowest BCUT2D eigenvalue weighted by Gasteiger charge is -2.11. The maximum Gasteiger partial charge on any atom is 0.230 e. The summed E-state index contributed by atoms with van der Waals surface area (Å²) in [5.74, 6) is 0.384. The van der Waals surface area contributed by atoms with Gasteiger partial charge in [0.05, 0.1) is 30.6 Å². The molecule has 31 heavy (non-hydrogen) atoms. The predicted molar refractivity (Wildman–Crippen MR) is 125 cm³/mol. The summed E-state index contributed by atoms with van der Waals surface area (Å²) in [5.41, 5.74) is 7.48. The van der Waals surface area contributed by atoms with E-state index in [-0.39, 0.29) is 12.3 Å². The average Bonchev–Trinajstić information content (AvgIpc) is 3.10. The zero-order valence-electron chi connectivity index (χ0n) is 18.0. The first kappa shape index (κ1) is 20.9. The van der Waals surface area contributed by atoms with E-state index in [1.165, 1.54) is 11.1 Å². The highest BCUT2D eigenvalue weighted by Gasteiger charge is 2.19. The number of benzene rings is 2. The highest BCUT2D eigenvalue weighted by atomic mass is 35.5. The van der Waals surface area contributed by atoms with Gasteiger partial charge in [0.25, 0.3) is 0 Å². The third kappa shape index (κ3) is 4.14. The summed E-state index contributed by atoms with van der Waals surface area (Å²) in [6.45, 7) is 6.19. The second-order valence-electron chi connectivity index (χ2n) is 7.66. The molecule has 6 heteroatoms. The van der Waals surface area contributed by atoms with E-state index in [0.717, 1.165) is 28.2 Å². The molecule has 1 N–H and O–H groups in total. The Balaban J connectivity index is 1.76. The van der Waals surface area contributed by atoms with Crippen LogP contribution in [0.4, 0.5) is 5.69 Å². The number of rotatable bonds is 5. The van der Waals surface area contributed by atoms with Crippen LogP contribution in [0.2, 0.25) is 5.02 Å². The van der Waals surface area contributed by atoms with Crippen LogP contribution in [0.25, 0.3) is 16.9 Å². The topological polar surface area (TPSA) is 55.6 Å². The lowest BCUT2D eigenvalue weighted by atomic mass is 10.0. The van der Waals surface area contributed by atoms with Crippen molar-refractivity contribution in [3.63, 3.8) is 0 Å². The fraction of sp³-hybridized carbons (Fsp3) is 0.200. The van der Waals surface area contributed by atoms with Gasteiger partial charge in [-0.3, -0.25) is 4.79 Å². The van der Waals surface area contributed by atoms with Crippen molar-refractivity contribution in [1.29, 1.82) is 0 Å². The summed E-state index contributed by atoms with van der Waals surface area (Å²) in [5, 5.41) is 3.45. The van der Waals surface area contributed by atoms with Crippen molar-refractivity contribution in [3.05, 3.63) is 82.1 Å². The monoisotopic (exact) mass is 433 g/mol. The van der Waals surface area contributed by atoms with Gasteiger partial charge in [0, 0.05) is 16.8 Å². The Hall–Kier alpha value is -3.31. The average molecular weight is 434 g/mol. The number of nitrogens with zero attached hydrogens (tertiary/aromatic N) is 2. The van der Waals surface area contributed by atoms with Crippen molar-refractivity contribution in [1.82, 2.24) is 9.38 Å². The zero-order chi connectivity index (χ0) is 22.1. The van der Waals surface area contributed by atoms with Crippen LogP contribution in [0.1, 0.15) is 22.4 Å². The van der Waals surface area contributed by atoms with Crippen LogP contribution in [0.15, 0.2) is 54.7 Å². The highest BCUT2D eigenvalue weighted by molar-refractivity contribution is 6.31. The Labute approximate surface area is 186 Å². The number of nitrogens with one attached hydrogen (secondary N) is 1. The number of fused-ring (bicyclic) bond motifs is 1. The molecule has 0 unspecified atom stereocenters. The van der Waals surface area contributed by atoms with Gasteiger partial charge in [-0.2, -0.15) is 0 Å². The normalized spacial score (nSPS) is 11.0. The predicted octanol–water partition coefficient (Wildman–Crippen LogP) is 5.77. The second-order valence-corrected chi connectivity index (χ2v) is 8.10. The first-order chi connectivity index (χ1) is 14.9. The number of halogens is 1. The number of carbonyl (C=O) groups excluding carboxylic acids is 1. The summed E-state index contributed by atoms with van der Waals surface area (Å²) in [6, 6.07) is 15.4. The molecule has 2 aromatic carbocycles. The molecule has 0 saturated carbocycles. The molecule has 0 aliphatic rings. The Bertz CT molecular complexity index is 1290. The molecular formula is C25H24ClN3O2. The molecule has 0 radical (unpaired) electrons. The van der Waals surface area contributed by atoms with Crippen LogP contribution < -0.4 is 10.1 Å². The molecule has 2 heterocycles. The molecule has 5 nitrogen and oxygen atoms in total. The molecular weight excluding hydrogens is 410 g/mol. The molecule has 0 aliphatic heterocycles. The number of methoxy groups -OCH3 is 1. The van der Waals surface area contributed by atoms with Gasteiger partial charge in [-0.05, 0) is 67.8 Å². The number of carbonyl (C=O) groups is 1. The molecule has 0 saturated heterocycles. The third-order valence-electron chi connectivity index (χ3n) is 5.49. The molecule has 0 fully saturated rings. The summed E-state index contributed by atoms with van der Waals surface area (Å²) >= 11 is 6.11. The zero-order valence-corrected chi connectivity index (χ0v) is 18.7. The van der Waals surface area contributed by atoms with E-state index < -0.39 is 0 Å². The molecule has 0 aliphatic carbocycles. The number of anilines is 1. The van der Waals surface area contributed by atoms with E-state index in [1.807, 2.05) is 29.7 Å². The van der Waals surface area contributed by atoms with E-state index in [4.69, 9.17) is 21.3 Å². The first-order valence-corrected chi connectivity index (χ1v) is 10.4. The number of hydrogen-bond donors (Lipinski definition) is 1. The van der Waals surface area contributed by atoms with Crippen LogP contribution in [-0.4, -0.2) is 22.4 Å². The van der Waals surface area contributed by atoms with Gasteiger partial charge in [-0.25, -0.2) is 4.98 Å². The molecule has 2 aromatic heterocycles. The Kier molecular flexibility index (Phi) is 5.70. The summed E-state index contributed by atoms with van der Waals surface area (Å²) in [6.07, 6.45) is 2.10. The molecule has 0 bridgehead atoms. The molecule has 0 spiro atoms. The van der Waals surface area contributed by atoms with Crippen molar-refractivity contribution in [2.24, 2.45) is 0 Å². The van der Waals surface area contributed by atoms with Crippen LogP contribution in [0.5, 0.6) is 5.75 Å². The van der Waals surface area contributed by atoms with Crippen LogP contribution in [-0.2, 0) is 11.2 Å². The molecule has 158 valence electrons. The highest BCUT2D eigenvalue weighted by Crippen LogP contribution is 2.30. The fourth-order valence-corrected chi connectivity index (χ4v) is 3.84. The maximum atomic E-state index is 13.0. The van der Waals surface area contributed by atoms with Crippen molar-refractivity contribution >= 4 is 28.8 Å². The van der Waals surface area contributed by atoms with Crippen LogP contribution in [0, 0.1) is 20.8 Å². The molecule has 4 rings (SSSR count). The van der Waals surface area contributed by atoms with E-state index in [2.05, 4.69) is 37.4 Å². The quantitative estimate of drug-likeness (QED) is 0.434. The van der Waals surface area contributed by atoms with Crippen LogP contribution in [0.3, 0.4) is 0 Å². The van der Waals surface area contributed by atoms with Gasteiger partial charge in [0.1, 0.15) is 11.4 Å². The first-order valence-electron chi connectivity index (χ1n) is 10.0. The van der Waals surface area contributed by atoms with Gasteiger partial charge in [-0.1, -0.05) is 29.8 Å². The van der Waals surface area contributed by atoms with Gasteiger partial charge in [-0.15, -0.1) is 0 Å². The lowest BCUT2D eigenvalue weighted by molar-refractivity contribution is -0.115. The van der Waals surface area contributed by atoms with Gasteiger partial charge >= 0.3 is 0 Å². The summed E-state index contributed by atoms with van der Waals surface area (Å²) in [4.78, 5) is 17.9. The minimum absolute atomic E-state index is 0.155. The number of hydrogen-bond acceptors (Lipinski definition) is 3. The third-order valence-corrected chi connectivity index (χ3v) is 5.72. The number of imidazole rings is 1. The largest absolute Gasteiger partial charge is 0.495 e. The van der Waals surface area contributed by atoms with Crippen molar-refractivity contribution in [2.75, 3.05) is 12.4 Å². The Morgan fingerprint density at radius 2 is 1.87 bits per heavy atom. The number of amides is 1. The lowest BCUT2D eigenvalue weighted by Crippen LogP contribution is -2.16. The second kappa shape index (κ2) is 8.44. The van der Waals surface area contributed by atoms with Gasteiger partial charge in [0.15, 0.2) is 0 Å². The number of pyridine rings is 1. The minimum atomic E-state index is -0.172. The maximum absolute atomic E-state index is 13.0. The number of ether oxygens (including phenoxy) is 1. The van der Waals surface area contributed by atoms with Crippen molar-refractivity contribution in [2.45, 2.75) is 27.2 Å². The molecule has 0 atom stereocenters. The SMILES string of the molecule is COc1ccc(Cl)cc1NC(=O)Cc1c(-c2ccc(C)c(C)c2)nc2c(C)cccn12. The van der Waals surface area contributed by atoms with Crippen molar-refractivity contribution in [3.8, 4) is 17.0 Å². The standard InChI is InChI=1S/C25H24ClN3O2/c1-15-7-8-18(12-17(15)3)24-21(29-11-5-6-16(2)25(29)28-24)14-23(30)27-20-13-19(26)9-10-22(20)31-4/h5-13H,14H2,1-4H3,(H,27,30). The van der Waals surface area contributed by atoms with Gasteiger partial charge in [0.2, 0.25) is 5.91 Å². The molecule has 4 aromatic rings. The van der Waals surface area contributed by atoms with E-state index in [9.17, 15) is 4.79 Å². The Morgan fingerprint density at radius 3 is 2.61 bits per heavy atom. The van der Waals surface area contributed by atoms with Crippen molar-refractivity contribution < 1.29 is 9.53 Å². The van der Waals surface area contributed by atoms with Gasteiger partial charge < -0.3 is 14.5 Å². The number of aromatic nitrogens is 2. The van der Waals surface area contributed by atoms with E-state index >= 15 is 0 Å². The Morgan fingerprint density at radius 1 is 1.06 bits per heavy atom. The van der Waals surface area contributed by atoms with E-state index in [0.29, 0.717) is 16.5 Å². The van der Waals surface area contributed by atoms with E-state index in [1.54, 1.807) is 25.3 Å².